The van der Waals surface area contributed by atoms with Gasteiger partial charge in [0.05, 0.1) is 13.2 Å². The summed E-state index contributed by atoms with van der Waals surface area (Å²) in [5.74, 6) is 1.61. The standard InChI is InChI=1S/C18H26ClNO2/c1-14(20-9-11-21-12-10-20)22-18-8-7-16(19)13-17(18)15-5-3-2-4-6-15/h7-8,13-15H,2-6,9-12H2,1H3. The lowest BCUT2D eigenvalue weighted by molar-refractivity contribution is -0.0377. The van der Waals surface area contributed by atoms with Crippen molar-refractivity contribution in [1.82, 2.24) is 4.90 Å². The number of rotatable bonds is 4. The van der Waals surface area contributed by atoms with Crippen LogP contribution in [0.15, 0.2) is 18.2 Å². The van der Waals surface area contributed by atoms with Gasteiger partial charge in [0.25, 0.3) is 0 Å². The van der Waals surface area contributed by atoms with Crippen LogP contribution in [0.2, 0.25) is 5.02 Å². The van der Waals surface area contributed by atoms with Gasteiger partial charge in [-0.2, -0.15) is 0 Å². The highest BCUT2D eigenvalue weighted by atomic mass is 35.5. The molecular weight excluding hydrogens is 298 g/mol. The molecule has 1 saturated carbocycles. The molecule has 1 aromatic carbocycles. The van der Waals surface area contributed by atoms with E-state index in [0.29, 0.717) is 5.92 Å². The van der Waals surface area contributed by atoms with Crippen LogP contribution < -0.4 is 4.74 Å². The number of ether oxygens (including phenoxy) is 2. The Hall–Kier alpha value is -0.770. The van der Waals surface area contributed by atoms with Crippen LogP contribution in [0, 0.1) is 0 Å². The van der Waals surface area contributed by atoms with Gasteiger partial charge < -0.3 is 9.47 Å². The van der Waals surface area contributed by atoms with Crippen LogP contribution in [-0.2, 0) is 4.74 Å². The Balaban J connectivity index is 1.74. The molecule has 0 spiro atoms. The number of nitrogens with zero attached hydrogens (tertiary/aromatic N) is 1. The smallest absolute Gasteiger partial charge is 0.150 e. The van der Waals surface area contributed by atoms with Crippen LogP contribution in [0.1, 0.15) is 50.5 Å². The van der Waals surface area contributed by atoms with E-state index < -0.39 is 0 Å². The first kappa shape index (κ1) is 16.1. The zero-order valence-corrected chi connectivity index (χ0v) is 14.1. The first-order chi connectivity index (χ1) is 10.7. The normalized spacial score (nSPS) is 22.5. The van der Waals surface area contributed by atoms with E-state index in [-0.39, 0.29) is 6.23 Å². The van der Waals surface area contributed by atoms with E-state index in [2.05, 4.69) is 17.9 Å². The van der Waals surface area contributed by atoms with E-state index in [1.165, 1.54) is 37.7 Å². The summed E-state index contributed by atoms with van der Waals surface area (Å²) in [5.41, 5.74) is 1.30. The molecule has 1 aliphatic heterocycles. The third kappa shape index (κ3) is 3.95. The Bertz CT molecular complexity index is 482. The lowest BCUT2D eigenvalue weighted by Gasteiger charge is -2.33. The van der Waals surface area contributed by atoms with Crippen molar-refractivity contribution in [3.63, 3.8) is 0 Å². The highest BCUT2D eigenvalue weighted by molar-refractivity contribution is 6.30. The SMILES string of the molecule is CC(Oc1ccc(Cl)cc1C1CCCCC1)N1CCOCC1. The van der Waals surface area contributed by atoms with Gasteiger partial charge in [-0.3, -0.25) is 4.90 Å². The quantitative estimate of drug-likeness (QED) is 0.817. The van der Waals surface area contributed by atoms with E-state index in [9.17, 15) is 0 Å². The molecule has 22 heavy (non-hydrogen) atoms. The van der Waals surface area contributed by atoms with Gasteiger partial charge in [-0.25, -0.2) is 0 Å². The molecule has 1 aliphatic carbocycles. The van der Waals surface area contributed by atoms with Crippen LogP contribution in [0.4, 0.5) is 0 Å². The van der Waals surface area contributed by atoms with Crippen LogP contribution >= 0.6 is 11.6 Å². The molecule has 1 aromatic rings. The Morgan fingerprint density at radius 3 is 2.64 bits per heavy atom. The summed E-state index contributed by atoms with van der Waals surface area (Å²) in [7, 11) is 0. The van der Waals surface area contributed by atoms with Gasteiger partial charge >= 0.3 is 0 Å². The first-order valence-electron chi connectivity index (χ1n) is 8.52. The molecule has 1 atom stereocenters. The van der Waals surface area contributed by atoms with Crippen molar-refractivity contribution < 1.29 is 9.47 Å². The van der Waals surface area contributed by atoms with Crippen molar-refractivity contribution in [3.05, 3.63) is 28.8 Å². The van der Waals surface area contributed by atoms with Crippen molar-refractivity contribution in [2.24, 2.45) is 0 Å². The maximum Gasteiger partial charge on any atom is 0.150 e. The fraction of sp³-hybridized carbons (Fsp3) is 0.667. The maximum absolute atomic E-state index is 6.30. The summed E-state index contributed by atoms with van der Waals surface area (Å²) in [5, 5.41) is 0.812. The van der Waals surface area contributed by atoms with Crippen LogP contribution in [0.3, 0.4) is 0 Å². The number of benzene rings is 1. The Morgan fingerprint density at radius 2 is 1.91 bits per heavy atom. The summed E-state index contributed by atoms with van der Waals surface area (Å²) in [4.78, 5) is 2.34. The van der Waals surface area contributed by atoms with E-state index in [1.54, 1.807) is 0 Å². The van der Waals surface area contributed by atoms with Gasteiger partial charge in [0.1, 0.15) is 12.0 Å². The Kier molecular flexibility index (Phi) is 5.61. The predicted octanol–water partition coefficient (Wildman–Crippen LogP) is 4.44. The maximum atomic E-state index is 6.30. The zero-order valence-electron chi connectivity index (χ0n) is 13.4. The summed E-state index contributed by atoms with van der Waals surface area (Å²) in [6, 6.07) is 6.09. The average Bonchev–Trinajstić information content (AvgIpc) is 2.58. The largest absolute Gasteiger partial charge is 0.475 e. The highest BCUT2D eigenvalue weighted by Gasteiger charge is 2.23. The minimum atomic E-state index is 0.0763. The molecule has 0 bridgehead atoms. The first-order valence-corrected chi connectivity index (χ1v) is 8.90. The number of morpholine rings is 1. The van der Waals surface area contributed by atoms with Crippen molar-refractivity contribution in [1.29, 1.82) is 0 Å². The molecule has 2 aliphatic rings. The molecule has 3 rings (SSSR count). The number of hydrogen-bond acceptors (Lipinski definition) is 3. The van der Waals surface area contributed by atoms with Crippen molar-refractivity contribution in [2.45, 2.75) is 51.2 Å². The fourth-order valence-corrected chi connectivity index (χ4v) is 3.74. The summed E-state index contributed by atoms with van der Waals surface area (Å²) in [6.45, 7) is 5.60. The van der Waals surface area contributed by atoms with E-state index in [1.807, 2.05) is 12.1 Å². The van der Waals surface area contributed by atoms with Gasteiger partial charge in [-0.05, 0) is 49.4 Å². The second kappa shape index (κ2) is 7.67. The Labute approximate surface area is 138 Å². The predicted molar refractivity (Wildman–Crippen MR) is 89.8 cm³/mol. The molecule has 0 radical (unpaired) electrons. The van der Waals surface area contributed by atoms with Gasteiger partial charge in [0.15, 0.2) is 0 Å². The Morgan fingerprint density at radius 1 is 1.18 bits per heavy atom. The molecule has 3 nitrogen and oxygen atoms in total. The third-order valence-corrected chi connectivity index (χ3v) is 5.11. The minimum absolute atomic E-state index is 0.0763. The topological polar surface area (TPSA) is 21.7 Å². The van der Waals surface area contributed by atoms with E-state index >= 15 is 0 Å². The molecule has 1 heterocycles. The van der Waals surface area contributed by atoms with Gasteiger partial charge in [0.2, 0.25) is 0 Å². The molecule has 0 N–H and O–H groups in total. The summed E-state index contributed by atoms with van der Waals surface area (Å²) in [6.07, 6.45) is 6.57. The monoisotopic (exact) mass is 323 g/mol. The lowest BCUT2D eigenvalue weighted by Crippen LogP contribution is -2.44. The number of halogens is 1. The molecule has 1 unspecified atom stereocenters. The zero-order chi connectivity index (χ0) is 15.4. The summed E-state index contributed by atoms with van der Waals surface area (Å²) < 4.78 is 11.7. The molecule has 1 saturated heterocycles. The second-order valence-electron chi connectivity index (χ2n) is 6.38. The molecule has 2 fully saturated rings. The lowest BCUT2D eigenvalue weighted by atomic mass is 9.84. The molecular formula is C18H26ClNO2. The molecule has 0 aromatic heterocycles. The van der Waals surface area contributed by atoms with Gasteiger partial charge in [-0.1, -0.05) is 30.9 Å². The average molecular weight is 324 g/mol. The third-order valence-electron chi connectivity index (χ3n) is 4.87. The van der Waals surface area contributed by atoms with Gasteiger partial charge in [0, 0.05) is 18.1 Å². The van der Waals surface area contributed by atoms with Gasteiger partial charge in [-0.15, -0.1) is 0 Å². The van der Waals surface area contributed by atoms with Crippen molar-refractivity contribution in [2.75, 3.05) is 26.3 Å². The minimum Gasteiger partial charge on any atom is -0.475 e. The highest BCUT2D eigenvalue weighted by Crippen LogP contribution is 2.39. The van der Waals surface area contributed by atoms with E-state index in [0.717, 1.165) is 37.1 Å². The van der Waals surface area contributed by atoms with Crippen LogP contribution in [0.25, 0.3) is 0 Å². The van der Waals surface area contributed by atoms with Crippen molar-refractivity contribution in [3.8, 4) is 5.75 Å². The molecule has 4 heteroatoms. The fourth-order valence-electron chi connectivity index (χ4n) is 3.56. The molecule has 122 valence electrons. The summed E-state index contributed by atoms with van der Waals surface area (Å²) >= 11 is 6.24. The second-order valence-corrected chi connectivity index (χ2v) is 6.82. The van der Waals surface area contributed by atoms with Crippen LogP contribution in [0.5, 0.6) is 5.75 Å². The number of hydrogen-bond donors (Lipinski definition) is 0. The van der Waals surface area contributed by atoms with Crippen molar-refractivity contribution >= 4 is 11.6 Å². The van der Waals surface area contributed by atoms with E-state index in [4.69, 9.17) is 21.1 Å². The van der Waals surface area contributed by atoms with Crippen LogP contribution in [-0.4, -0.2) is 37.4 Å². The molecule has 0 amide bonds.